The quantitative estimate of drug-likeness (QED) is 0.422. The van der Waals surface area contributed by atoms with E-state index in [2.05, 4.69) is 72.0 Å². The van der Waals surface area contributed by atoms with Crippen molar-refractivity contribution in [1.82, 2.24) is 30.0 Å². The molecule has 2 aromatic carbocycles. The summed E-state index contributed by atoms with van der Waals surface area (Å²) in [6.07, 6.45) is 0. The Bertz CT molecular complexity index is 1050. The fraction of sp³-hybridized carbons (Fsp3) is 0.400. The third-order valence-corrected chi connectivity index (χ3v) is 8.66. The minimum absolute atomic E-state index is 0.172. The lowest BCUT2D eigenvalue weighted by Crippen LogP contribution is -2.45. The fourth-order valence-corrected chi connectivity index (χ4v) is 6.56. The average molecular weight is 425 g/mol. The molecule has 0 spiro atoms. The number of hydrogen-bond donors (Lipinski definition) is 0. The molecule has 0 fully saturated rings. The summed E-state index contributed by atoms with van der Waals surface area (Å²) in [4.78, 5) is 0. The summed E-state index contributed by atoms with van der Waals surface area (Å²) in [6.45, 7) is 13.8. The van der Waals surface area contributed by atoms with Crippen LogP contribution in [-0.2, 0) is 4.74 Å². The van der Waals surface area contributed by atoms with Crippen LogP contribution in [0.2, 0.25) is 39.3 Å². The number of nitrogens with zero attached hydrogens (tertiary/aromatic N) is 6. The molecule has 2 atom stereocenters. The Morgan fingerprint density at radius 3 is 1.41 bits per heavy atom. The van der Waals surface area contributed by atoms with Gasteiger partial charge in [0.1, 0.15) is 38.9 Å². The lowest BCUT2D eigenvalue weighted by Gasteiger charge is -2.37. The zero-order chi connectivity index (χ0) is 20.8. The van der Waals surface area contributed by atoms with Crippen molar-refractivity contribution >= 4 is 38.2 Å². The molecule has 0 radical (unpaired) electrons. The Hall–Kier alpha value is -2.37. The van der Waals surface area contributed by atoms with Crippen LogP contribution in [0.4, 0.5) is 0 Å². The maximum atomic E-state index is 6.93. The number of ether oxygens (including phenoxy) is 1. The monoisotopic (exact) mass is 424 g/mol. The smallest absolute Gasteiger partial charge is 0.139 e. The second-order valence-electron chi connectivity index (χ2n) is 9.62. The van der Waals surface area contributed by atoms with Gasteiger partial charge in [-0.05, 0) is 24.3 Å². The topological polar surface area (TPSA) is 70.7 Å². The van der Waals surface area contributed by atoms with Gasteiger partial charge in [-0.1, -0.05) is 74.0 Å². The number of aromatic nitrogens is 6. The van der Waals surface area contributed by atoms with E-state index >= 15 is 0 Å². The first kappa shape index (κ1) is 19.9. The molecule has 7 nitrogen and oxygen atoms in total. The molecule has 29 heavy (non-hydrogen) atoms. The van der Waals surface area contributed by atoms with E-state index in [0.29, 0.717) is 0 Å². The second-order valence-corrected chi connectivity index (χ2v) is 20.1. The molecule has 0 bridgehead atoms. The molecule has 2 heterocycles. The zero-order valence-electron chi connectivity index (χ0n) is 17.9. The zero-order valence-corrected chi connectivity index (χ0v) is 19.9. The van der Waals surface area contributed by atoms with Crippen molar-refractivity contribution in [3.8, 4) is 0 Å². The van der Waals surface area contributed by atoms with Crippen LogP contribution in [0.1, 0.15) is 11.7 Å². The summed E-state index contributed by atoms with van der Waals surface area (Å²) < 4.78 is 10.9. The van der Waals surface area contributed by atoms with Gasteiger partial charge >= 0.3 is 0 Å². The van der Waals surface area contributed by atoms with E-state index in [1.807, 2.05) is 45.8 Å². The van der Waals surface area contributed by atoms with Gasteiger partial charge in [0.2, 0.25) is 0 Å². The molecule has 2 unspecified atom stereocenters. The molecule has 0 aliphatic rings. The van der Waals surface area contributed by atoms with Gasteiger partial charge < -0.3 is 4.74 Å². The van der Waals surface area contributed by atoms with Crippen LogP contribution >= 0.6 is 0 Å². The lowest BCUT2D eigenvalue weighted by atomic mass is 10.3. The predicted molar refractivity (Wildman–Crippen MR) is 121 cm³/mol. The molecule has 9 heteroatoms. The molecule has 0 aliphatic carbocycles. The summed E-state index contributed by atoms with van der Waals surface area (Å²) in [5.41, 5.74) is 3.76. The lowest BCUT2D eigenvalue weighted by molar-refractivity contribution is -0.0209. The molecule has 0 saturated carbocycles. The van der Waals surface area contributed by atoms with E-state index in [1.165, 1.54) is 0 Å². The van der Waals surface area contributed by atoms with Crippen molar-refractivity contribution in [3.63, 3.8) is 0 Å². The van der Waals surface area contributed by atoms with Crippen molar-refractivity contribution in [2.75, 3.05) is 0 Å². The number of benzene rings is 2. The van der Waals surface area contributed by atoms with Crippen molar-refractivity contribution in [3.05, 3.63) is 48.5 Å². The maximum absolute atomic E-state index is 6.93. The first-order valence-corrected chi connectivity index (χ1v) is 17.1. The number of hydrogen-bond acceptors (Lipinski definition) is 5. The van der Waals surface area contributed by atoms with Gasteiger partial charge in [0, 0.05) is 0 Å². The standard InChI is InChI=1S/C20H28N6OSi2/c1-28(2,3)19(25-17-13-9-7-11-15(17)21-23-25)27-20(29(4,5)6)26-18-14-10-8-12-16(18)22-24-26/h7-14,19-20H,1-6H3. The van der Waals surface area contributed by atoms with Gasteiger partial charge in [-0.2, -0.15) is 0 Å². The van der Waals surface area contributed by atoms with E-state index < -0.39 is 16.1 Å². The second kappa shape index (κ2) is 7.15. The van der Waals surface area contributed by atoms with Gasteiger partial charge in [-0.25, -0.2) is 9.36 Å². The van der Waals surface area contributed by atoms with Crippen molar-refractivity contribution in [2.45, 2.75) is 51.0 Å². The van der Waals surface area contributed by atoms with Crippen LogP contribution in [0.3, 0.4) is 0 Å². The summed E-state index contributed by atoms with van der Waals surface area (Å²) >= 11 is 0. The molecule has 4 rings (SSSR count). The third kappa shape index (κ3) is 3.77. The van der Waals surface area contributed by atoms with E-state index in [1.54, 1.807) is 0 Å². The highest BCUT2D eigenvalue weighted by molar-refractivity contribution is 6.77. The minimum atomic E-state index is -1.83. The molecular formula is C20H28N6OSi2. The highest BCUT2D eigenvalue weighted by atomic mass is 28.3. The van der Waals surface area contributed by atoms with Crippen LogP contribution in [0, 0.1) is 0 Å². The third-order valence-electron chi connectivity index (χ3n) is 4.94. The average Bonchev–Trinajstić information content (AvgIpc) is 3.25. The van der Waals surface area contributed by atoms with Gasteiger partial charge in [0.05, 0.1) is 11.0 Å². The van der Waals surface area contributed by atoms with Crippen LogP contribution < -0.4 is 0 Å². The first-order chi connectivity index (χ1) is 13.7. The molecule has 0 amide bonds. The van der Waals surface area contributed by atoms with E-state index in [0.717, 1.165) is 22.1 Å². The first-order valence-electron chi connectivity index (χ1n) is 9.91. The highest BCUT2D eigenvalue weighted by Gasteiger charge is 2.40. The molecule has 152 valence electrons. The van der Waals surface area contributed by atoms with E-state index in [9.17, 15) is 0 Å². The van der Waals surface area contributed by atoms with Crippen molar-refractivity contribution in [1.29, 1.82) is 0 Å². The Morgan fingerprint density at radius 2 is 1.03 bits per heavy atom. The van der Waals surface area contributed by atoms with Gasteiger partial charge in [0.15, 0.2) is 0 Å². The normalized spacial score (nSPS) is 15.1. The number of fused-ring (bicyclic) bond motifs is 2. The highest BCUT2D eigenvalue weighted by Crippen LogP contribution is 2.34. The molecule has 0 aliphatic heterocycles. The predicted octanol–water partition coefficient (Wildman–Crippen LogP) is 4.64. The van der Waals surface area contributed by atoms with E-state index in [4.69, 9.17) is 4.74 Å². The van der Waals surface area contributed by atoms with Gasteiger partial charge in [0.25, 0.3) is 0 Å². The number of para-hydroxylation sites is 2. The molecule has 2 aromatic heterocycles. The Labute approximate surface area is 172 Å². The molecule has 4 aromatic rings. The summed E-state index contributed by atoms with van der Waals surface area (Å²) in [7, 11) is -3.66. The molecule has 0 saturated heterocycles. The molecular weight excluding hydrogens is 396 g/mol. The summed E-state index contributed by atoms with van der Waals surface area (Å²) in [5.74, 6) is -0.343. The number of rotatable bonds is 6. The largest absolute Gasteiger partial charge is 0.338 e. The summed E-state index contributed by atoms with van der Waals surface area (Å²) in [5, 5.41) is 17.7. The molecule has 0 N–H and O–H groups in total. The van der Waals surface area contributed by atoms with Crippen molar-refractivity contribution in [2.24, 2.45) is 0 Å². The van der Waals surface area contributed by atoms with Crippen LogP contribution in [-0.4, -0.2) is 46.1 Å². The van der Waals surface area contributed by atoms with E-state index in [-0.39, 0.29) is 11.7 Å². The maximum Gasteiger partial charge on any atom is 0.139 e. The van der Waals surface area contributed by atoms with Crippen LogP contribution in [0.5, 0.6) is 0 Å². The summed E-state index contributed by atoms with van der Waals surface area (Å²) in [6, 6.07) is 16.1. The van der Waals surface area contributed by atoms with Crippen molar-refractivity contribution < 1.29 is 4.74 Å². The Balaban J connectivity index is 1.82. The van der Waals surface area contributed by atoms with Crippen LogP contribution in [0.25, 0.3) is 22.1 Å². The van der Waals surface area contributed by atoms with Gasteiger partial charge in [-0.3, -0.25) is 0 Å². The Morgan fingerprint density at radius 1 is 0.655 bits per heavy atom. The Kier molecular flexibility index (Phi) is 4.92. The SMILES string of the molecule is C[Si](C)(C)C(OC(n1nnc2ccccc21)[Si](C)(C)C)n1nnc2ccccc21. The van der Waals surface area contributed by atoms with Gasteiger partial charge in [-0.15, -0.1) is 10.2 Å². The minimum Gasteiger partial charge on any atom is -0.338 e. The fourth-order valence-electron chi connectivity index (χ4n) is 3.50. The van der Waals surface area contributed by atoms with Crippen LogP contribution in [0.15, 0.2) is 48.5 Å².